The minimum Gasteiger partial charge on any atom is -0.457 e. The lowest BCUT2D eigenvalue weighted by Gasteiger charge is -2.31. The molecule has 0 saturated heterocycles. The van der Waals surface area contributed by atoms with Crippen LogP contribution < -0.4 is 14.4 Å². The van der Waals surface area contributed by atoms with E-state index in [0.29, 0.717) is 6.42 Å². The van der Waals surface area contributed by atoms with Crippen molar-refractivity contribution in [2.24, 2.45) is 0 Å². The maximum absolute atomic E-state index is 6.76. The molecule has 0 fully saturated rings. The fourth-order valence-electron chi connectivity index (χ4n) is 7.65. The van der Waals surface area contributed by atoms with Crippen LogP contribution in [0.25, 0.3) is 48.0 Å². The highest BCUT2D eigenvalue weighted by Gasteiger charge is 2.30. The summed E-state index contributed by atoms with van der Waals surface area (Å²) in [6, 6.07) is 51.7. The largest absolute Gasteiger partial charge is 0.457 e. The van der Waals surface area contributed by atoms with Crippen LogP contribution in [0.15, 0.2) is 152 Å². The van der Waals surface area contributed by atoms with E-state index in [1.807, 2.05) is 29.5 Å². The molecular weight excluding hydrogens is 631 g/mol. The van der Waals surface area contributed by atoms with Crippen molar-refractivity contribution in [3.05, 3.63) is 169 Å². The minimum absolute atomic E-state index is 0.620. The average Bonchev–Trinajstić information content (AvgIpc) is 3.44. The first kappa shape index (κ1) is 28.9. The zero-order valence-electron chi connectivity index (χ0n) is 27.4. The molecule has 2 aliphatic rings. The van der Waals surface area contributed by atoms with Gasteiger partial charge in [0.2, 0.25) is 0 Å². The Labute approximate surface area is 294 Å². The highest BCUT2D eigenvalue weighted by molar-refractivity contribution is 7.25. The minimum atomic E-state index is 0.620. The summed E-state index contributed by atoms with van der Waals surface area (Å²) in [5.41, 5.74) is 11.8. The van der Waals surface area contributed by atoms with E-state index in [1.165, 1.54) is 25.7 Å². The molecule has 7 aromatic carbocycles. The van der Waals surface area contributed by atoms with Crippen LogP contribution in [-0.4, -0.2) is 0 Å². The molecule has 1 aromatic heterocycles. The summed E-state index contributed by atoms with van der Waals surface area (Å²) in [5, 5.41) is 2.52. The van der Waals surface area contributed by atoms with Crippen LogP contribution in [0, 0.1) is 6.92 Å². The molecule has 238 valence electrons. The van der Waals surface area contributed by atoms with Crippen molar-refractivity contribution >= 4 is 54.1 Å². The van der Waals surface area contributed by atoms with Crippen LogP contribution in [0.4, 0.5) is 17.1 Å². The lowest BCUT2D eigenvalue weighted by Crippen LogP contribution is -2.13. The quantitative estimate of drug-likeness (QED) is 0.187. The second-order valence-corrected chi connectivity index (χ2v) is 14.1. The number of allylic oxidation sites excluding steroid dienone is 1. The SMILES string of the molecule is C=C1Cc2c3cccc2Oc2ccc(N(c4cccc(-c5ccccc5)c4)c4ccc5sc6ccccc6c5c4)c(c21)-c1cccc(c1C)O3. The number of ether oxygens (including phenoxy) is 2. The molecule has 2 aliphatic heterocycles. The number of fused-ring (bicyclic) bond motifs is 7. The monoisotopic (exact) mass is 661 g/mol. The van der Waals surface area contributed by atoms with E-state index in [9.17, 15) is 0 Å². The van der Waals surface area contributed by atoms with Crippen molar-refractivity contribution in [1.82, 2.24) is 0 Å². The molecular formula is C46H31NO2S. The molecule has 0 saturated carbocycles. The number of nitrogens with zero attached hydrogens (tertiary/aromatic N) is 1. The summed E-state index contributed by atoms with van der Waals surface area (Å²) in [6.45, 7) is 6.86. The van der Waals surface area contributed by atoms with Crippen molar-refractivity contribution in [2.45, 2.75) is 13.3 Å². The molecule has 0 spiro atoms. The topological polar surface area (TPSA) is 21.7 Å². The molecule has 3 nitrogen and oxygen atoms in total. The standard InChI is InChI=1S/C46H31NO2S/c1-28-25-37-40-18-10-19-41(37)49-42-23-22-38(46(45(28)42)34-16-9-17-39(48-40)29(34)2)47(32-14-8-13-31(26-32)30-11-4-3-5-12-30)33-21-24-44-36(27-33)35-15-6-7-20-43(35)50-44/h3-24,26-27H,1,25H2,2H3. The Hall–Kier alpha value is -6.10. The molecule has 0 aliphatic carbocycles. The highest BCUT2D eigenvalue weighted by Crippen LogP contribution is 2.54. The smallest absolute Gasteiger partial charge is 0.135 e. The van der Waals surface area contributed by atoms with E-state index in [1.54, 1.807) is 0 Å². The summed E-state index contributed by atoms with van der Waals surface area (Å²) >= 11 is 1.84. The number of hydrogen-bond donors (Lipinski definition) is 0. The van der Waals surface area contributed by atoms with Gasteiger partial charge in [-0.1, -0.05) is 85.4 Å². The maximum atomic E-state index is 6.76. The average molecular weight is 662 g/mol. The van der Waals surface area contributed by atoms with Gasteiger partial charge in [-0.2, -0.15) is 0 Å². The summed E-state index contributed by atoms with van der Waals surface area (Å²) in [7, 11) is 0. The first-order chi connectivity index (χ1) is 24.6. The summed E-state index contributed by atoms with van der Waals surface area (Å²) < 4.78 is 16.0. The highest BCUT2D eigenvalue weighted by atomic mass is 32.1. The third-order valence-corrected chi connectivity index (χ3v) is 11.2. The first-order valence-corrected chi connectivity index (χ1v) is 17.7. The van der Waals surface area contributed by atoms with Gasteiger partial charge in [0.05, 0.1) is 5.69 Å². The molecule has 50 heavy (non-hydrogen) atoms. The Bertz CT molecular complexity index is 2670. The summed E-state index contributed by atoms with van der Waals surface area (Å²) in [6.07, 6.45) is 0.620. The van der Waals surface area contributed by atoms with Gasteiger partial charge in [-0.25, -0.2) is 0 Å². The zero-order valence-corrected chi connectivity index (χ0v) is 28.3. The van der Waals surface area contributed by atoms with Crippen LogP contribution in [-0.2, 0) is 6.42 Å². The first-order valence-electron chi connectivity index (χ1n) is 16.9. The molecule has 8 aromatic rings. The van der Waals surface area contributed by atoms with Gasteiger partial charge < -0.3 is 14.4 Å². The lowest BCUT2D eigenvalue weighted by molar-refractivity contribution is 0.453. The van der Waals surface area contributed by atoms with Crippen LogP contribution in [0.3, 0.4) is 0 Å². The van der Waals surface area contributed by atoms with Gasteiger partial charge in [0, 0.05) is 54.7 Å². The third-order valence-electron chi connectivity index (χ3n) is 10.0. The van der Waals surface area contributed by atoms with Gasteiger partial charge in [0.1, 0.15) is 23.0 Å². The molecule has 4 bridgehead atoms. The van der Waals surface area contributed by atoms with Gasteiger partial charge in [0.15, 0.2) is 0 Å². The second-order valence-electron chi connectivity index (χ2n) is 13.0. The van der Waals surface area contributed by atoms with Gasteiger partial charge in [-0.05, 0) is 101 Å². The molecule has 0 radical (unpaired) electrons. The Morgan fingerprint density at radius 1 is 0.560 bits per heavy atom. The molecule has 4 heteroatoms. The van der Waals surface area contributed by atoms with Crippen LogP contribution in [0.5, 0.6) is 23.0 Å². The Morgan fingerprint density at radius 3 is 2.14 bits per heavy atom. The molecule has 0 amide bonds. The van der Waals surface area contributed by atoms with Crippen molar-refractivity contribution < 1.29 is 9.47 Å². The molecule has 0 unspecified atom stereocenters. The number of benzene rings is 7. The molecule has 0 atom stereocenters. The van der Waals surface area contributed by atoms with Gasteiger partial charge >= 0.3 is 0 Å². The van der Waals surface area contributed by atoms with E-state index >= 15 is 0 Å². The lowest BCUT2D eigenvalue weighted by atomic mass is 9.87. The number of anilines is 3. The Morgan fingerprint density at radius 2 is 1.26 bits per heavy atom. The van der Waals surface area contributed by atoms with Crippen molar-refractivity contribution in [3.8, 4) is 45.3 Å². The van der Waals surface area contributed by atoms with E-state index in [4.69, 9.17) is 16.1 Å². The van der Waals surface area contributed by atoms with Crippen LogP contribution in [0.2, 0.25) is 0 Å². The Balaban J connectivity index is 1.29. The van der Waals surface area contributed by atoms with E-state index in [0.717, 1.165) is 79.0 Å². The normalized spacial score (nSPS) is 12.8. The predicted octanol–water partition coefficient (Wildman–Crippen LogP) is 13.6. The second kappa shape index (κ2) is 11.2. The number of rotatable bonds is 4. The fraction of sp³-hybridized carbons (Fsp3) is 0.0435. The van der Waals surface area contributed by atoms with Crippen molar-refractivity contribution in [3.63, 3.8) is 0 Å². The third kappa shape index (κ3) is 4.49. The van der Waals surface area contributed by atoms with Gasteiger partial charge in [-0.15, -0.1) is 11.3 Å². The summed E-state index contributed by atoms with van der Waals surface area (Å²) in [4.78, 5) is 2.41. The van der Waals surface area contributed by atoms with E-state index < -0.39 is 0 Å². The molecule has 0 N–H and O–H groups in total. The van der Waals surface area contributed by atoms with E-state index in [2.05, 4.69) is 139 Å². The number of thiophene rings is 1. The predicted molar refractivity (Wildman–Crippen MR) is 209 cm³/mol. The fourth-order valence-corrected chi connectivity index (χ4v) is 8.74. The summed E-state index contributed by atoms with van der Waals surface area (Å²) in [5.74, 6) is 3.24. The zero-order chi connectivity index (χ0) is 33.3. The van der Waals surface area contributed by atoms with E-state index in [-0.39, 0.29) is 0 Å². The molecule has 3 heterocycles. The Kier molecular flexibility index (Phi) is 6.48. The van der Waals surface area contributed by atoms with Crippen LogP contribution >= 0.6 is 11.3 Å². The number of hydrogen-bond acceptors (Lipinski definition) is 4. The van der Waals surface area contributed by atoms with Crippen molar-refractivity contribution in [1.29, 1.82) is 0 Å². The van der Waals surface area contributed by atoms with Gasteiger partial charge in [0.25, 0.3) is 0 Å². The van der Waals surface area contributed by atoms with Gasteiger partial charge in [-0.3, -0.25) is 0 Å². The van der Waals surface area contributed by atoms with Crippen LogP contribution in [0.1, 0.15) is 16.7 Å². The maximum Gasteiger partial charge on any atom is 0.135 e. The molecule has 10 rings (SSSR count). The van der Waals surface area contributed by atoms with Crippen molar-refractivity contribution in [2.75, 3.05) is 4.90 Å².